The molecule has 0 aromatic carbocycles. The summed E-state index contributed by atoms with van der Waals surface area (Å²) in [6, 6.07) is 1.87. The maximum absolute atomic E-state index is 10.3. The second kappa shape index (κ2) is 3.45. The fourth-order valence-electron chi connectivity index (χ4n) is 1.21. The summed E-state index contributed by atoms with van der Waals surface area (Å²) in [5, 5.41) is 9.42. The molecule has 0 aliphatic rings. The smallest absolute Gasteiger partial charge is 0.303 e. The Bertz CT molecular complexity index is 464. The molecule has 0 unspecified atom stereocenters. The molecule has 0 bridgehead atoms. The molecular weight excluding hydrogens is 182 g/mol. The lowest BCUT2D eigenvalue weighted by molar-refractivity contribution is -0.137. The zero-order valence-corrected chi connectivity index (χ0v) is 7.40. The predicted molar refractivity (Wildman–Crippen MR) is 49.8 cm³/mol. The molecule has 5 nitrogen and oxygen atoms in total. The van der Waals surface area contributed by atoms with Crippen molar-refractivity contribution in [2.45, 2.75) is 12.8 Å². The maximum atomic E-state index is 10.3. The molecule has 2 N–H and O–H groups in total. The van der Waals surface area contributed by atoms with Crippen LogP contribution >= 0.6 is 0 Å². The molecule has 0 aliphatic carbocycles. The van der Waals surface area contributed by atoms with Gasteiger partial charge in [0.2, 0.25) is 0 Å². The van der Waals surface area contributed by atoms with E-state index in [1.165, 1.54) is 0 Å². The van der Waals surface area contributed by atoms with Crippen LogP contribution in [-0.4, -0.2) is 26.0 Å². The van der Waals surface area contributed by atoms with Gasteiger partial charge in [-0.1, -0.05) is 0 Å². The molecule has 0 fully saturated rings. The van der Waals surface area contributed by atoms with Crippen LogP contribution < -0.4 is 0 Å². The van der Waals surface area contributed by atoms with Crippen molar-refractivity contribution in [2.24, 2.45) is 0 Å². The third-order valence-corrected chi connectivity index (χ3v) is 1.91. The number of nitrogens with zero attached hydrogens (tertiary/aromatic N) is 2. The van der Waals surface area contributed by atoms with Gasteiger partial charge in [0.25, 0.3) is 0 Å². The van der Waals surface area contributed by atoms with Crippen LogP contribution in [0.2, 0.25) is 0 Å². The number of aliphatic carboxylic acids is 1. The van der Waals surface area contributed by atoms with Gasteiger partial charge >= 0.3 is 5.97 Å². The number of hydrogen-bond acceptors (Lipinski definition) is 3. The number of hydrogen-bond donors (Lipinski definition) is 2. The SMILES string of the molecule is O=C(O)CCc1ncc2cc[nH]c2n1. The van der Waals surface area contributed by atoms with Crippen LogP contribution in [-0.2, 0) is 11.2 Å². The average molecular weight is 191 g/mol. The second-order valence-electron chi connectivity index (χ2n) is 2.96. The van der Waals surface area contributed by atoms with Gasteiger partial charge in [-0.05, 0) is 6.07 Å². The Hall–Kier alpha value is -1.91. The largest absolute Gasteiger partial charge is 0.481 e. The van der Waals surface area contributed by atoms with Crippen molar-refractivity contribution in [3.63, 3.8) is 0 Å². The summed E-state index contributed by atoms with van der Waals surface area (Å²) in [4.78, 5) is 21.5. The summed E-state index contributed by atoms with van der Waals surface area (Å²) >= 11 is 0. The minimum Gasteiger partial charge on any atom is -0.481 e. The Morgan fingerprint density at radius 3 is 3.21 bits per heavy atom. The van der Waals surface area contributed by atoms with Crippen LogP contribution in [0, 0.1) is 0 Å². The van der Waals surface area contributed by atoms with E-state index >= 15 is 0 Å². The highest BCUT2D eigenvalue weighted by molar-refractivity contribution is 5.74. The van der Waals surface area contributed by atoms with Crippen LogP contribution in [0.25, 0.3) is 11.0 Å². The number of aryl methyl sites for hydroxylation is 1. The second-order valence-corrected chi connectivity index (χ2v) is 2.96. The van der Waals surface area contributed by atoms with Gasteiger partial charge in [-0.15, -0.1) is 0 Å². The highest BCUT2D eigenvalue weighted by Crippen LogP contribution is 2.08. The van der Waals surface area contributed by atoms with Crippen LogP contribution in [0.5, 0.6) is 0 Å². The van der Waals surface area contributed by atoms with Gasteiger partial charge in [-0.3, -0.25) is 4.79 Å². The van der Waals surface area contributed by atoms with E-state index in [0.29, 0.717) is 12.2 Å². The van der Waals surface area contributed by atoms with E-state index in [9.17, 15) is 4.79 Å². The van der Waals surface area contributed by atoms with Crippen molar-refractivity contribution >= 4 is 17.0 Å². The number of carboxylic acid groups (broad SMARTS) is 1. The van der Waals surface area contributed by atoms with Crippen molar-refractivity contribution < 1.29 is 9.90 Å². The third kappa shape index (κ3) is 1.71. The summed E-state index contributed by atoms with van der Waals surface area (Å²) < 4.78 is 0. The molecule has 2 aromatic rings. The number of aromatic nitrogens is 3. The molecule has 72 valence electrons. The topological polar surface area (TPSA) is 78.9 Å². The molecule has 0 radical (unpaired) electrons. The molecular formula is C9H9N3O2. The molecule has 0 atom stereocenters. The average Bonchev–Trinajstić information content (AvgIpc) is 2.61. The van der Waals surface area contributed by atoms with Gasteiger partial charge in [0.15, 0.2) is 0 Å². The molecule has 2 heterocycles. The minimum atomic E-state index is -0.833. The molecule has 5 heteroatoms. The van der Waals surface area contributed by atoms with Crippen LogP contribution in [0.3, 0.4) is 0 Å². The molecule has 0 saturated carbocycles. The summed E-state index contributed by atoms with van der Waals surface area (Å²) in [6.07, 6.45) is 3.90. The zero-order chi connectivity index (χ0) is 9.97. The van der Waals surface area contributed by atoms with Crippen molar-refractivity contribution in [1.82, 2.24) is 15.0 Å². The lowest BCUT2D eigenvalue weighted by atomic mass is 10.3. The van der Waals surface area contributed by atoms with E-state index < -0.39 is 5.97 Å². The number of fused-ring (bicyclic) bond motifs is 1. The van der Waals surface area contributed by atoms with Crippen molar-refractivity contribution in [1.29, 1.82) is 0 Å². The molecule has 0 saturated heterocycles. The Balaban J connectivity index is 2.21. The molecule has 0 spiro atoms. The van der Waals surface area contributed by atoms with Crippen LogP contribution in [0.1, 0.15) is 12.2 Å². The summed E-state index contributed by atoms with van der Waals surface area (Å²) in [7, 11) is 0. The van der Waals surface area contributed by atoms with Crippen LogP contribution in [0.4, 0.5) is 0 Å². The number of nitrogens with one attached hydrogen (secondary N) is 1. The first-order valence-electron chi connectivity index (χ1n) is 4.26. The third-order valence-electron chi connectivity index (χ3n) is 1.91. The van der Waals surface area contributed by atoms with Gasteiger partial charge in [0.1, 0.15) is 11.5 Å². The first kappa shape index (κ1) is 8.68. The standard InChI is InChI=1S/C9H9N3O2/c13-8(14)2-1-7-11-5-6-3-4-10-9(6)12-7/h3-5H,1-2H2,(H,13,14)(H,10,11,12). The lowest BCUT2D eigenvalue weighted by Crippen LogP contribution is -2.01. The Morgan fingerprint density at radius 2 is 2.43 bits per heavy atom. The van der Waals surface area contributed by atoms with Crippen LogP contribution in [0.15, 0.2) is 18.5 Å². The summed E-state index contributed by atoms with van der Waals surface area (Å²) in [5.74, 6) is -0.275. The molecule has 2 rings (SSSR count). The van der Waals surface area contributed by atoms with E-state index in [-0.39, 0.29) is 6.42 Å². The number of carbonyl (C=O) groups is 1. The van der Waals surface area contributed by atoms with E-state index in [2.05, 4.69) is 15.0 Å². The highest BCUT2D eigenvalue weighted by atomic mass is 16.4. The minimum absolute atomic E-state index is 0.0617. The monoisotopic (exact) mass is 191 g/mol. The van der Waals surface area contributed by atoms with Crippen molar-refractivity contribution in [3.8, 4) is 0 Å². The summed E-state index contributed by atoms with van der Waals surface area (Å²) in [5.41, 5.74) is 0.750. The van der Waals surface area contributed by atoms with Gasteiger partial charge in [0.05, 0.1) is 6.42 Å². The van der Waals surface area contributed by atoms with E-state index in [1.807, 2.05) is 6.07 Å². The fraction of sp³-hybridized carbons (Fsp3) is 0.222. The van der Waals surface area contributed by atoms with Crippen molar-refractivity contribution in [3.05, 3.63) is 24.3 Å². The van der Waals surface area contributed by atoms with Gasteiger partial charge in [0, 0.05) is 24.2 Å². The van der Waals surface area contributed by atoms with Crippen molar-refractivity contribution in [2.75, 3.05) is 0 Å². The zero-order valence-electron chi connectivity index (χ0n) is 7.40. The molecule has 2 aromatic heterocycles. The Morgan fingerprint density at radius 1 is 1.57 bits per heavy atom. The maximum Gasteiger partial charge on any atom is 0.303 e. The first-order chi connectivity index (χ1) is 6.75. The van der Waals surface area contributed by atoms with E-state index in [4.69, 9.17) is 5.11 Å². The molecule has 0 amide bonds. The first-order valence-corrected chi connectivity index (χ1v) is 4.26. The molecule has 14 heavy (non-hydrogen) atoms. The fourth-order valence-corrected chi connectivity index (χ4v) is 1.21. The van der Waals surface area contributed by atoms with E-state index in [0.717, 1.165) is 11.0 Å². The number of aromatic amines is 1. The Labute approximate surface area is 79.8 Å². The lowest BCUT2D eigenvalue weighted by Gasteiger charge is -1.96. The number of carboxylic acids is 1. The number of H-pyrrole nitrogens is 1. The van der Waals surface area contributed by atoms with Gasteiger partial charge in [-0.2, -0.15) is 0 Å². The van der Waals surface area contributed by atoms with E-state index in [1.54, 1.807) is 12.4 Å². The molecule has 0 aliphatic heterocycles. The summed E-state index contributed by atoms with van der Waals surface area (Å²) in [6.45, 7) is 0. The Kier molecular flexibility index (Phi) is 2.14. The quantitative estimate of drug-likeness (QED) is 0.757. The normalized spacial score (nSPS) is 10.6. The highest BCUT2D eigenvalue weighted by Gasteiger charge is 2.03. The van der Waals surface area contributed by atoms with Gasteiger partial charge in [-0.25, -0.2) is 9.97 Å². The predicted octanol–water partition coefficient (Wildman–Crippen LogP) is 0.975. The number of rotatable bonds is 3. The van der Waals surface area contributed by atoms with Gasteiger partial charge < -0.3 is 10.1 Å².